The van der Waals surface area contributed by atoms with Gasteiger partial charge in [0.2, 0.25) is 23.6 Å². The van der Waals surface area contributed by atoms with Gasteiger partial charge in [-0.3, -0.25) is 19.2 Å². The Bertz CT molecular complexity index is 1420. The maximum absolute atomic E-state index is 13.8. The van der Waals surface area contributed by atoms with E-state index in [9.17, 15) is 39.3 Å². The van der Waals surface area contributed by atoms with Gasteiger partial charge in [-0.25, -0.2) is 4.79 Å². The predicted molar refractivity (Wildman–Crippen MR) is 253 cm³/mol. The standard InChI is InChI=1S/C50H87N5O10/c1-3-5-7-9-11-13-14-15-16-17-18-19-21-23-25-30-34-55(45(59)33-29-24-22-20-12-10-8-6-4-2)49-48(62)47(61)46(60)41(65-49)35-51-42(56)36-52-43(57)37-53-44(58)38-54-50(63)64-39-40-31-27-26-28-32-40/h26-28,31-32,41,46-49,60-62H,3-25,29-30,33-39H2,1-2H3,(H,51,56)(H,52,57)(H,53,58)(H,54,63)/t41-,46-,47+,48-,49-/m1/s1. The summed E-state index contributed by atoms with van der Waals surface area (Å²) in [6.07, 6.45) is 21.9. The molecule has 65 heavy (non-hydrogen) atoms. The van der Waals surface area contributed by atoms with Crippen LogP contribution in [0.3, 0.4) is 0 Å². The van der Waals surface area contributed by atoms with Crippen molar-refractivity contribution in [2.75, 3.05) is 32.7 Å². The Kier molecular flexibility index (Phi) is 32.9. The lowest BCUT2D eigenvalue weighted by Gasteiger charge is -2.45. The minimum atomic E-state index is -1.63. The number of aliphatic hydroxyl groups excluding tert-OH is 3. The van der Waals surface area contributed by atoms with Crippen molar-refractivity contribution in [2.45, 2.75) is 218 Å². The molecule has 0 saturated carbocycles. The summed E-state index contributed by atoms with van der Waals surface area (Å²) in [7, 11) is 0. The molecule has 1 saturated heterocycles. The van der Waals surface area contributed by atoms with Crippen LogP contribution < -0.4 is 21.3 Å². The van der Waals surface area contributed by atoms with Crippen molar-refractivity contribution < 1.29 is 48.8 Å². The van der Waals surface area contributed by atoms with E-state index < -0.39 is 74.1 Å². The number of nitrogens with zero attached hydrogens (tertiary/aromatic N) is 1. The minimum absolute atomic E-state index is 0.0326. The largest absolute Gasteiger partial charge is 0.445 e. The van der Waals surface area contributed by atoms with E-state index in [1.54, 1.807) is 24.3 Å². The number of alkyl carbamates (subject to hydrolysis) is 1. The number of aliphatic hydroxyl groups is 3. The number of amides is 5. The van der Waals surface area contributed by atoms with Crippen LogP contribution in [0.2, 0.25) is 0 Å². The minimum Gasteiger partial charge on any atom is -0.445 e. The molecule has 0 unspecified atom stereocenters. The Morgan fingerprint density at radius 2 is 0.969 bits per heavy atom. The summed E-state index contributed by atoms with van der Waals surface area (Å²) in [6, 6.07) is 9.02. The lowest BCUT2D eigenvalue weighted by molar-refractivity contribution is -0.255. The van der Waals surface area contributed by atoms with E-state index in [-0.39, 0.29) is 25.5 Å². The smallest absolute Gasteiger partial charge is 0.407 e. The first-order chi connectivity index (χ1) is 31.6. The van der Waals surface area contributed by atoms with Crippen LogP contribution in [0.1, 0.15) is 186 Å². The SMILES string of the molecule is CCCCCCCCCCCCCCCCCCN(C(=O)CCCCCCCCCCC)[C@@H]1O[C@H](CNC(=O)CNC(=O)CNC(=O)CNC(=O)OCc2ccccc2)[C@@H](O)[C@H](O)[C@H]1O. The highest BCUT2D eigenvalue weighted by atomic mass is 16.6. The average Bonchev–Trinajstić information content (AvgIpc) is 3.31. The third-order valence-corrected chi connectivity index (χ3v) is 12.1. The molecular weight excluding hydrogens is 831 g/mol. The first-order valence-electron chi connectivity index (χ1n) is 25.3. The van der Waals surface area contributed by atoms with Crippen molar-refractivity contribution in [3.05, 3.63) is 35.9 Å². The topological polar surface area (TPSA) is 216 Å². The number of hydrogen-bond acceptors (Lipinski definition) is 10. The van der Waals surface area contributed by atoms with Crippen LogP contribution in [0.5, 0.6) is 0 Å². The molecule has 1 aliphatic heterocycles. The molecule has 5 atom stereocenters. The number of nitrogens with one attached hydrogen (secondary N) is 4. The van der Waals surface area contributed by atoms with Crippen molar-refractivity contribution >= 4 is 29.7 Å². The quantitative estimate of drug-likeness (QED) is 0.0335. The highest BCUT2D eigenvalue weighted by Gasteiger charge is 2.47. The van der Waals surface area contributed by atoms with Gasteiger partial charge in [0.15, 0.2) is 6.23 Å². The number of benzene rings is 1. The molecule has 1 heterocycles. The van der Waals surface area contributed by atoms with Crippen molar-refractivity contribution in [1.29, 1.82) is 0 Å². The first-order valence-corrected chi connectivity index (χ1v) is 25.3. The van der Waals surface area contributed by atoms with E-state index in [1.165, 1.54) is 114 Å². The lowest BCUT2D eigenvalue weighted by Crippen LogP contribution is -2.65. The van der Waals surface area contributed by atoms with Crippen molar-refractivity contribution in [3.63, 3.8) is 0 Å². The van der Waals surface area contributed by atoms with Crippen LogP contribution in [0.4, 0.5) is 4.79 Å². The molecule has 1 aromatic rings. The van der Waals surface area contributed by atoms with Crippen LogP contribution >= 0.6 is 0 Å². The summed E-state index contributed by atoms with van der Waals surface area (Å²) in [5.41, 5.74) is 0.782. The molecule has 1 fully saturated rings. The van der Waals surface area contributed by atoms with Gasteiger partial charge in [-0.15, -0.1) is 0 Å². The number of ether oxygens (including phenoxy) is 2. The van der Waals surface area contributed by atoms with Crippen LogP contribution in [0, 0.1) is 0 Å². The number of carbonyl (C=O) groups excluding carboxylic acids is 5. The van der Waals surface area contributed by atoms with Gasteiger partial charge in [-0.1, -0.05) is 192 Å². The Balaban J connectivity index is 1.79. The fraction of sp³-hybridized carbons (Fsp3) is 0.780. The molecule has 1 aliphatic rings. The molecule has 5 amide bonds. The Labute approximate surface area is 390 Å². The van der Waals surface area contributed by atoms with Crippen molar-refractivity contribution in [1.82, 2.24) is 26.2 Å². The van der Waals surface area contributed by atoms with Crippen LogP contribution in [0.15, 0.2) is 30.3 Å². The number of unbranched alkanes of at least 4 members (excludes halogenated alkanes) is 23. The van der Waals surface area contributed by atoms with Crippen LogP contribution in [-0.2, 0) is 35.3 Å². The zero-order valence-corrected chi connectivity index (χ0v) is 40.0. The van der Waals surface area contributed by atoms with Gasteiger partial charge >= 0.3 is 6.09 Å². The second-order valence-corrected chi connectivity index (χ2v) is 17.8. The number of rotatable bonds is 38. The fourth-order valence-corrected chi connectivity index (χ4v) is 8.00. The number of carbonyl (C=O) groups is 5. The number of hydrogen-bond donors (Lipinski definition) is 7. The van der Waals surface area contributed by atoms with E-state index in [0.29, 0.717) is 19.4 Å². The summed E-state index contributed by atoms with van der Waals surface area (Å²) in [5.74, 6) is -2.12. The zero-order valence-electron chi connectivity index (χ0n) is 40.0. The maximum Gasteiger partial charge on any atom is 0.407 e. The first kappa shape index (κ1) is 57.3. The third kappa shape index (κ3) is 27.5. The highest BCUT2D eigenvalue weighted by Crippen LogP contribution is 2.26. The fourth-order valence-electron chi connectivity index (χ4n) is 8.00. The van der Waals surface area contributed by atoms with Gasteiger partial charge < -0.3 is 51.0 Å². The van der Waals surface area contributed by atoms with E-state index in [4.69, 9.17) is 9.47 Å². The average molecular weight is 918 g/mol. The molecule has 372 valence electrons. The van der Waals surface area contributed by atoms with E-state index in [1.807, 2.05) is 6.07 Å². The zero-order chi connectivity index (χ0) is 47.3. The molecule has 1 aromatic carbocycles. The third-order valence-electron chi connectivity index (χ3n) is 12.1. The Hall–Kier alpha value is -3.79. The molecular formula is C50H87N5O10. The van der Waals surface area contributed by atoms with E-state index in [0.717, 1.165) is 44.1 Å². The maximum atomic E-state index is 13.8. The predicted octanol–water partition coefficient (Wildman–Crippen LogP) is 7.08. The van der Waals surface area contributed by atoms with E-state index in [2.05, 4.69) is 35.1 Å². The monoisotopic (exact) mass is 918 g/mol. The second-order valence-electron chi connectivity index (χ2n) is 17.8. The Morgan fingerprint density at radius 3 is 1.46 bits per heavy atom. The summed E-state index contributed by atoms with van der Waals surface area (Å²) in [5, 5.41) is 42.5. The lowest BCUT2D eigenvalue weighted by atomic mass is 9.96. The second kappa shape index (κ2) is 37.3. The molecule has 2 rings (SSSR count). The summed E-state index contributed by atoms with van der Waals surface area (Å²) in [6.45, 7) is 3.22. The molecule has 15 heteroatoms. The molecule has 0 radical (unpaired) electrons. The van der Waals surface area contributed by atoms with Gasteiger partial charge in [-0.05, 0) is 18.4 Å². The molecule has 0 aromatic heterocycles. The van der Waals surface area contributed by atoms with Gasteiger partial charge in [0.1, 0.15) is 37.6 Å². The Morgan fingerprint density at radius 1 is 0.538 bits per heavy atom. The van der Waals surface area contributed by atoms with Crippen molar-refractivity contribution in [2.24, 2.45) is 0 Å². The van der Waals surface area contributed by atoms with Gasteiger partial charge in [0.05, 0.1) is 13.1 Å². The molecule has 0 bridgehead atoms. The van der Waals surface area contributed by atoms with Gasteiger partial charge in [-0.2, -0.15) is 0 Å². The van der Waals surface area contributed by atoms with Crippen LogP contribution in [-0.4, -0.2) is 113 Å². The van der Waals surface area contributed by atoms with Crippen molar-refractivity contribution in [3.8, 4) is 0 Å². The van der Waals surface area contributed by atoms with Crippen LogP contribution in [0.25, 0.3) is 0 Å². The molecule has 0 aliphatic carbocycles. The van der Waals surface area contributed by atoms with E-state index >= 15 is 0 Å². The van der Waals surface area contributed by atoms with Gasteiger partial charge in [0, 0.05) is 19.5 Å². The molecule has 0 spiro atoms. The highest BCUT2D eigenvalue weighted by molar-refractivity contribution is 5.89. The summed E-state index contributed by atoms with van der Waals surface area (Å²) in [4.78, 5) is 64.3. The molecule has 15 nitrogen and oxygen atoms in total. The summed E-state index contributed by atoms with van der Waals surface area (Å²) < 4.78 is 11.2. The van der Waals surface area contributed by atoms with Gasteiger partial charge in [0.25, 0.3) is 0 Å². The summed E-state index contributed by atoms with van der Waals surface area (Å²) >= 11 is 0. The normalized spacial score (nSPS) is 18.1. The molecule has 7 N–H and O–H groups in total.